The Morgan fingerprint density at radius 3 is 1.04 bits per heavy atom. The summed E-state index contributed by atoms with van der Waals surface area (Å²) in [6, 6.07) is -0.685. The van der Waals surface area contributed by atoms with Crippen LogP contribution < -0.4 is 0 Å². The molecule has 4 fully saturated rings. The number of nitrogens with zero attached hydrogens (tertiary/aromatic N) is 8. The number of urea groups is 4. The molecule has 0 saturated carbocycles. The number of rotatable bonds is 3. The molecule has 0 spiro atoms. The van der Waals surface area contributed by atoms with Crippen molar-refractivity contribution >= 4 is 24.1 Å². The topological polar surface area (TPSA) is 94.2 Å². The maximum Gasteiger partial charge on any atom is 0.323 e. The lowest BCUT2D eigenvalue weighted by molar-refractivity contribution is 0.111. The van der Waals surface area contributed by atoms with E-state index in [0.717, 1.165) is 0 Å². The first-order valence-corrected chi connectivity index (χ1v) is 9.15. The van der Waals surface area contributed by atoms with Gasteiger partial charge in [-0.25, -0.2) is 19.2 Å². The molecule has 0 bridgehead atoms. The molecular formula is C16H26N8O4. The van der Waals surface area contributed by atoms with Crippen LogP contribution >= 0.6 is 0 Å². The van der Waals surface area contributed by atoms with Gasteiger partial charge in [0.25, 0.3) is 0 Å². The zero-order valence-electron chi connectivity index (χ0n) is 16.9. The molecule has 4 aliphatic rings. The number of carbonyl (C=O) groups is 4. The number of amides is 8. The summed E-state index contributed by atoms with van der Waals surface area (Å²) in [7, 11) is 10.0. The summed E-state index contributed by atoms with van der Waals surface area (Å²) in [5, 5.41) is 0. The van der Waals surface area contributed by atoms with Gasteiger partial charge in [-0.2, -0.15) is 0 Å². The van der Waals surface area contributed by atoms with Gasteiger partial charge >= 0.3 is 24.1 Å². The molecule has 4 saturated heterocycles. The van der Waals surface area contributed by atoms with E-state index in [1.54, 1.807) is 81.5 Å². The molecule has 0 aromatic rings. The maximum atomic E-state index is 12.8. The van der Waals surface area contributed by atoms with Crippen molar-refractivity contribution in [1.29, 1.82) is 0 Å². The highest BCUT2D eigenvalue weighted by Crippen LogP contribution is 2.34. The predicted molar refractivity (Wildman–Crippen MR) is 96.7 cm³/mol. The van der Waals surface area contributed by atoms with Crippen LogP contribution in [-0.2, 0) is 0 Å². The summed E-state index contributed by atoms with van der Waals surface area (Å²) < 4.78 is 0. The molecule has 154 valence electrons. The molecule has 4 aliphatic heterocycles. The number of hydrogen-bond donors (Lipinski definition) is 0. The average Bonchev–Trinajstić information content (AvgIpc) is 3.23. The molecule has 4 rings (SSSR count). The Kier molecular flexibility index (Phi) is 3.81. The van der Waals surface area contributed by atoms with Gasteiger partial charge in [0.1, 0.15) is 24.7 Å². The molecule has 4 heterocycles. The minimum atomic E-state index is -0.410. The highest BCUT2D eigenvalue weighted by Gasteiger charge is 2.58. The molecular weight excluding hydrogens is 368 g/mol. The zero-order valence-corrected chi connectivity index (χ0v) is 16.9. The van der Waals surface area contributed by atoms with Gasteiger partial charge in [-0.1, -0.05) is 0 Å². The Labute approximate surface area is 163 Å². The SMILES string of the molecule is CN1C(=O)N(C)[C@H]2[C@@H]1N(C)C(=O)N2CCN1C(=O)N(C)[C@H]2[C@@H]1N(C)C(=O)N2C. The molecule has 4 atom stereocenters. The van der Waals surface area contributed by atoms with E-state index in [9.17, 15) is 19.2 Å². The largest absolute Gasteiger partial charge is 0.323 e. The van der Waals surface area contributed by atoms with Crippen LogP contribution in [0.5, 0.6) is 0 Å². The molecule has 0 aromatic heterocycles. The van der Waals surface area contributed by atoms with Crippen LogP contribution in [-0.4, -0.2) is 143 Å². The monoisotopic (exact) mass is 394 g/mol. The number of fused-ring (bicyclic) bond motifs is 2. The molecule has 0 unspecified atom stereocenters. The van der Waals surface area contributed by atoms with Gasteiger partial charge < -0.3 is 29.4 Å². The highest BCUT2D eigenvalue weighted by molar-refractivity contribution is 5.86. The average molecular weight is 394 g/mol. The highest BCUT2D eigenvalue weighted by atomic mass is 16.2. The zero-order chi connectivity index (χ0) is 20.7. The van der Waals surface area contributed by atoms with Crippen molar-refractivity contribution in [3.8, 4) is 0 Å². The second kappa shape index (κ2) is 5.79. The van der Waals surface area contributed by atoms with Gasteiger partial charge in [-0.15, -0.1) is 0 Å². The second-order valence-corrected chi connectivity index (χ2v) is 7.84. The lowest BCUT2D eigenvalue weighted by Crippen LogP contribution is -2.51. The molecule has 0 radical (unpaired) electrons. The van der Waals surface area contributed by atoms with E-state index in [2.05, 4.69) is 0 Å². The fourth-order valence-electron chi connectivity index (χ4n) is 4.94. The summed E-state index contributed by atoms with van der Waals surface area (Å²) in [5.74, 6) is 0. The Morgan fingerprint density at radius 2 is 0.714 bits per heavy atom. The quantitative estimate of drug-likeness (QED) is 0.615. The number of likely N-dealkylation sites (N-methyl/N-ethyl adjacent to an activating group) is 6. The van der Waals surface area contributed by atoms with Crippen LogP contribution in [0.1, 0.15) is 0 Å². The lowest BCUT2D eigenvalue weighted by atomic mass is 10.3. The standard InChI is InChI=1S/C16H26N8O4/c1-17-9-11(21(5)13(17)25)23(15(27)19(9)3)7-8-24-12-10(20(4)16(24)28)18(2)14(26)22(12)6/h9-12H,7-8H2,1-6H3/t9-,10-,11+,12+/m0/s1. The predicted octanol–water partition coefficient (Wildman–Crippen LogP) is -0.980. The first-order valence-electron chi connectivity index (χ1n) is 9.15. The van der Waals surface area contributed by atoms with E-state index in [4.69, 9.17) is 0 Å². The van der Waals surface area contributed by atoms with Crippen LogP contribution in [0, 0.1) is 0 Å². The first-order chi connectivity index (χ1) is 13.1. The lowest BCUT2D eigenvalue weighted by Gasteiger charge is -2.31. The minimum absolute atomic E-state index is 0.154. The van der Waals surface area contributed by atoms with Crippen molar-refractivity contribution in [3.05, 3.63) is 0 Å². The summed E-state index contributed by atoms with van der Waals surface area (Å²) in [6.45, 7) is 0.536. The van der Waals surface area contributed by atoms with Gasteiger partial charge in [-0.3, -0.25) is 9.80 Å². The van der Waals surface area contributed by atoms with Crippen LogP contribution in [0.2, 0.25) is 0 Å². The normalized spacial score (nSPS) is 32.6. The first kappa shape index (κ1) is 18.4. The minimum Gasteiger partial charge on any atom is -0.303 e. The Bertz CT molecular complexity index is 699. The van der Waals surface area contributed by atoms with E-state index in [1.807, 2.05) is 0 Å². The summed E-state index contributed by atoms with van der Waals surface area (Å²) in [6.07, 6.45) is -1.55. The Hall–Kier alpha value is -2.92. The number of carbonyl (C=O) groups excluding carboxylic acids is 4. The smallest absolute Gasteiger partial charge is 0.303 e. The number of hydrogen-bond acceptors (Lipinski definition) is 4. The Balaban J connectivity index is 1.54. The third kappa shape index (κ3) is 2.05. The van der Waals surface area contributed by atoms with Gasteiger partial charge in [0.05, 0.1) is 0 Å². The van der Waals surface area contributed by atoms with E-state index in [-0.39, 0.29) is 49.5 Å². The van der Waals surface area contributed by atoms with E-state index < -0.39 is 12.3 Å². The fourth-order valence-corrected chi connectivity index (χ4v) is 4.94. The maximum absolute atomic E-state index is 12.8. The third-order valence-electron chi connectivity index (χ3n) is 6.44. The van der Waals surface area contributed by atoms with Gasteiger partial charge in [0, 0.05) is 55.4 Å². The van der Waals surface area contributed by atoms with Gasteiger partial charge in [0.2, 0.25) is 0 Å². The fraction of sp³-hybridized carbons (Fsp3) is 0.750. The van der Waals surface area contributed by atoms with Crippen molar-refractivity contribution < 1.29 is 19.2 Å². The van der Waals surface area contributed by atoms with Crippen molar-refractivity contribution in [1.82, 2.24) is 39.2 Å². The molecule has 0 N–H and O–H groups in total. The van der Waals surface area contributed by atoms with Crippen LogP contribution in [0.15, 0.2) is 0 Å². The summed E-state index contributed by atoms with van der Waals surface area (Å²) in [4.78, 5) is 62.7. The molecule has 0 aliphatic carbocycles. The van der Waals surface area contributed by atoms with E-state index >= 15 is 0 Å². The van der Waals surface area contributed by atoms with Crippen molar-refractivity contribution in [3.63, 3.8) is 0 Å². The molecule has 8 amide bonds. The van der Waals surface area contributed by atoms with Crippen LogP contribution in [0.25, 0.3) is 0 Å². The molecule has 12 heteroatoms. The summed E-state index contributed by atoms with van der Waals surface area (Å²) in [5.41, 5.74) is 0. The van der Waals surface area contributed by atoms with Crippen LogP contribution in [0.3, 0.4) is 0 Å². The van der Waals surface area contributed by atoms with Gasteiger partial charge in [-0.05, 0) is 0 Å². The van der Waals surface area contributed by atoms with Crippen LogP contribution in [0.4, 0.5) is 19.2 Å². The Morgan fingerprint density at radius 1 is 0.464 bits per heavy atom. The molecule has 0 aromatic carbocycles. The van der Waals surface area contributed by atoms with Crippen molar-refractivity contribution in [2.75, 3.05) is 55.4 Å². The van der Waals surface area contributed by atoms with Crippen molar-refractivity contribution in [2.24, 2.45) is 0 Å². The van der Waals surface area contributed by atoms with Gasteiger partial charge in [0.15, 0.2) is 0 Å². The molecule has 28 heavy (non-hydrogen) atoms. The third-order valence-corrected chi connectivity index (χ3v) is 6.44. The summed E-state index contributed by atoms with van der Waals surface area (Å²) >= 11 is 0. The molecule has 12 nitrogen and oxygen atoms in total. The second-order valence-electron chi connectivity index (χ2n) is 7.84. The van der Waals surface area contributed by atoms with E-state index in [0.29, 0.717) is 0 Å². The van der Waals surface area contributed by atoms with Crippen molar-refractivity contribution in [2.45, 2.75) is 24.7 Å². The van der Waals surface area contributed by atoms with E-state index in [1.165, 1.54) is 0 Å².